The topological polar surface area (TPSA) is 75.2 Å². The lowest BCUT2D eigenvalue weighted by Gasteiger charge is -2.28. The molecule has 1 fully saturated rings. The van der Waals surface area contributed by atoms with Crippen LogP contribution in [0.3, 0.4) is 0 Å². The van der Waals surface area contributed by atoms with Crippen LogP contribution >= 0.6 is 0 Å². The highest BCUT2D eigenvalue weighted by atomic mass is 16.5. The average Bonchev–Trinajstić information content (AvgIpc) is 2.40. The Bertz CT molecular complexity index is 449. The summed E-state index contributed by atoms with van der Waals surface area (Å²) >= 11 is 0. The van der Waals surface area contributed by atoms with Crippen molar-refractivity contribution in [3.63, 3.8) is 0 Å². The van der Waals surface area contributed by atoms with E-state index in [-0.39, 0.29) is 0 Å². The summed E-state index contributed by atoms with van der Waals surface area (Å²) in [5.41, 5.74) is 6.90. The Kier molecular flexibility index (Phi) is 4.00. The first-order valence-corrected chi connectivity index (χ1v) is 6.16. The van der Waals surface area contributed by atoms with Gasteiger partial charge in [0, 0.05) is 33.0 Å². The van der Waals surface area contributed by atoms with Crippen LogP contribution in [0, 0.1) is 17.2 Å². The highest BCUT2D eigenvalue weighted by Crippen LogP contribution is 2.25. The zero-order valence-electron chi connectivity index (χ0n) is 10.6. The van der Waals surface area contributed by atoms with Gasteiger partial charge in [0.1, 0.15) is 6.07 Å². The molecule has 0 aromatic carbocycles. The van der Waals surface area contributed by atoms with Crippen molar-refractivity contribution in [2.24, 2.45) is 5.92 Å². The number of pyridine rings is 1. The molecular weight excluding hydrogens is 228 g/mol. The fourth-order valence-electron chi connectivity index (χ4n) is 2.27. The standard InChI is InChI=1S/C13H18N4O/c1-17(9-10-3-6-18-7-4-10)13-12(15)11(8-14)2-5-16-13/h2,5,10H,3-4,6-7,9,15H2,1H3. The van der Waals surface area contributed by atoms with Gasteiger partial charge < -0.3 is 15.4 Å². The van der Waals surface area contributed by atoms with Gasteiger partial charge in [-0.15, -0.1) is 0 Å². The minimum Gasteiger partial charge on any atom is -0.395 e. The molecule has 5 nitrogen and oxygen atoms in total. The van der Waals surface area contributed by atoms with E-state index in [1.54, 1.807) is 12.3 Å². The molecule has 1 aliphatic heterocycles. The van der Waals surface area contributed by atoms with Gasteiger partial charge in [-0.3, -0.25) is 0 Å². The quantitative estimate of drug-likeness (QED) is 0.872. The highest BCUT2D eigenvalue weighted by Gasteiger charge is 2.18. The largest absolute Gasteiger partial charge is 0.395 e. The molecule has 1 aromatic heterocycles. The van der Waals surface area contributed by atoms with E-state index in [0.717, 1.165) is 32.6 Å². The van der Waals surface area contributed by atoms with E-state index >= 15 is 0 Å². The van der Waals surface area contributed by atoms with E-state index in [1.165, 1.54) is 0 Å². The van der Waals surface area contributed by atoms with Gasteiger partial charge in [0.25, 0.3) is 0 Å². The van der Waals surface area contributed by atoms with Crippen LogP contribution in [0.15, 0.2) is 12.3 Å². The lowest BCUT2D eigenvalue weighted by Crippen LogP contribution is -2.30. The third kappa shape index (κ3) is 2.71. The molecule has 2 heterocycles. The Balaban J connectivity index is 2.08. The van der Waals surface area contributed by atoms with Crippen LogP contribution in [0.25, 0.3) is 0 Å². The fourth-order valence-corrected chi connectivity index (χ4v) is 2.27. The smallest absolute Gasteiger partial charge is 0.152 e. The van der Waals surface area contributed by atoms with Crippen LogP contribution in [-0.4, -0.2) is 31.8 Å². The number of hydrogen-bond acceptors (Lipinski definition) is 5. The first-order chi connectivity index (χ1) is 8.72. The molecule has 1 aromatic rings. The van der Waals surface area contributed by atoms with Gasteiger partial charge in [0.05, 0.1) is 11.3 Å². The summed E-state index contributed by atoms with van der Waals surface area (Å²) in [4.78, 5) is 6.30. The molecule has 0 spiro atoms. The lowest BCUT2D eigenvalue weighted by atomic mass is 10.00. The van der Waals surface area contributed by atoms with Gasteiger partial charge in [-0.2, -0.15) is 5.26 Å². The minimum absolute atomic E-state index is 0.467. The van der Waals surface area contributed by atoms with Crippen molar-refractivity contribution in [3.8, 4) is 6.07 Å². The Morgan fingerprint density at radius 2 is 2.28 bits per heavy atom. The monoisotopic (exact) mass is 246 g/mol. The summed E-state index contributed by atoms with van der Waals surface area (Å²) in [6.07, 6.45) is 3.77. The first kappa shape index (κ1) is 12.7. The van der Waals surface area contributed by atoms with Gasteiger partial charge in [0.15, 0.2) is 5.82 Å². The molecule has 0 unspecified atom stereocenters. The number of nitriles is 1. The summed E-state index contributed by atoms with van der Waals surface area (Å²) in [5.74, 6) is 1.30. The molecule has 0 radical (unpaired) electrons. The number of rotatable bonds is 3. The Morgan fingerprint density at radius 1 is 1.56 bits per heavy atom. The number of hydrogen-bond donors (Lipinski definition) is 1. The van der Waals surface area contributed by atoms with E-state index < -0.39 is 0 Å². The average molecular weight is 246 g/mol. The Labute approximate surface area is 107 Å². The molecule has 96 valence electrons. The maximum atomic E-state index is 8.95. The van der Waals surface area contributed by atoms with E-state index in [2.05, 4.69) is 11.1 Å². The molecule has 0 saturated carbocycles. The summed E-state index contributed by atoms with van der Waals surface area (Å²) in [7, 11) is 1.97. The van der Waals surface area contributed by atoms with E-state index in [1.807, 2.05) is 11.9 Å². The Hall–Kier alpha value is -1.80. The summed E-state index contributed by atoms with van der Waals surface area (Å²) in [6.45, 7) is 2.56. The molecular formula is C13H18N4O. The number of nitrogens with two attached hydrogens (primary N) is 1. The number of aromatic nitrogens is 1. The minimum atomic E-state index is 0.467. The molecule has 0 atom stereocenters. The molecule has 2 N–H and O–H groups in total. The molecule has 18 heavy (non-hydrogen) atoms. The van der Waals surface area contributed by atoms with Crippen molar-refractivity contribution in [1.29, 1.82) is 5.26 Å². The maximum Gasteiger partial charge on any atom is 0.152 e. The summed E-state index contributed by atoms with van der Waals surface area (Å²) < 4.78 is 5.35. The zero-order valence-corrected chi connectivity index (χ0v) is 10.6. The fraction of sp³-hybridized carbons (Fsp3) is 0.538. The van der Waals surface area contributed by atoms with Crippen molar-refractivity contribution in [1.82, 2.24) is 4.98 Å². The zero-order chi connectivity index (χ0) is 13.0. The normalized spacial score (nSPS) is 16.2. The molecule has 0 aliphatic carbocycles. The predicted octanol–water partition coefficient (Wildman–Crippen LogP) is 1.40. The van der Waals surface area contributed by atoms with Crippen molar-refractivity contribution in [2.45, 2.75) is 12.8 Å². The van der Waals surface area contributed by atoms with Gasteiger partial charge >= 0.3 is 0 Å². The van der Waals surface area contributed by atoms with Gasteiger partial charge in [-0.05, 0) is 24.8 Å². The van der Waals surface area contributed by atoms with Crippen molar-refractivity contribution in [2.75, 3.05) is 37.4 Å². The number of nitrogens with zero attached hydrogens (tertiary/aromatic N) is 3. The second-order valence-electron chi connectivity index (χ2n) is 4.64. The van der Waals surface area contributed by atoms with Crippen molar-refractivity contribution < 1.29 is 4.74 Å². The second-order valence-corrected chi connectivity index (χ2v) is 4.64. The summed E-state index contributed by atoms with van der Waals surface area (Å²) in [6, 6.07) is 3.72. The molecule has 0 amide bonds. The van der Waals surface area contributed by atoms with Crippen LogP contribution in [-0.2, 0) is 4.74 Å². The van der Waals surface area contributed by atoms with Crippen LogP contribution in [0.4, 0.5) is 11.5 Å². The molecule has 1 saturated heterocycles. The molecule has 5 heteroatoms. The molecule has 0 bridgehead atoms. The number of ether oxygens (including phenoxy) is 1. The third-order valence-electron chi connectivity index (χ3n) is 3.32. The van der Waals surface area contributed by atoms with Crippen LogP contribution in [0.5, 0.6) is 0 Å². The maximum absolute atomic E-state index is 8.95. The van der Waals surface area contributed by atoms with Crippen LogP contribution in [0.2, 0.25) is 0 Å². The van der Waals surface area contributed by atoms with Gasteiger partial charge in [0.2, 0.25) is 0 Å². The predicted molar refractivity (Wildman–Crippen MR) is 70.2 cm³/mol. The summed E-state index contributed by atoms with van der Waals surface area (Å²) in [5, 5.41) is 8.95. The Morgan fingerprint density at radius 3 is 2.94 bits per heavy atom. The lowest BCUT2D eigenvalue weighted by molar-refractivity contribution is 0.0685. The molecule has 1 aliphatic rings. The van der Waals surface area contributed by atoms with E-state index in [9.17, 15) is 0 Å². The highest BCUT2D eigenvalue weighted by molar-refractivity contribution is 5.69. The van der Waals surface area contributed by atoms with E-state index in [0.29, 0.717) is 23.0 Å². The number of nitrogen functional groups attached to an aromatic ring is 1. The van der Waals surface area contributed by atoms with Crippen LogP contribution < -0.4 is 10.6 Å². The van der Waals surface area contributed by atoms with Crippen LogP contribution in [0.1, 0.15) is 18.4 Å². The second kappa shape index (κ2) is 5.69. The molecule has 2 rings (SSSR count). The van der Waals surface area contributed by atoms with Crippen molar-refractivity contribution in [3.05, 3.63) is 17.8 Å². The van der Waals surface area contributed by atoms with Crippen molar-refractivity contribution >= 4 is 11.5 Å². The van der Waals surface area contributed by atoms with E-state index in [4.69, 9.17) is 15.7 Å². The SMILES string of the molecule is CN(CC1CCOCC1)c1nccc(C#N)c1N. The third-order valence-corrected chi connectivity index (χ3v) is 3.32. The van der Waals surface area contributed by atoms with Gasteiger partial charge in [-0.25, -0.2) is 4.98 Å². The van der Waals surface area contributed by atoms with Gasteiger partial charge in [-0.1, -0.05) is 0 Å². The first-order valence-electron chi connectivity index (χ1n) is 6.16. The number of anilines is 2.